The molecule has 0 aliphatic carbocycles. The molecule has 132 valence electrons. The highest BCUT2D eigenvalue weighted by Gasteiger charge is 2.52. The Morgan fingerprint density at radius 3 is 2.17 bits per heavy atom. The first kappa shape index (κ1) is 17.2. The van der Waals surface area contributed by atoms with Gasteiger partial charge in [-0.1, -0.05) is 18.2 Å². The van der Waals surface area contributed by atoms with Gasteiger partial charge in [0.25, 0.3) is 0 Å². The summed E-state index contributed by atoms with van der Waals surface area (Å²) in [5.41, 5.74) is 6.61. The summed E-state index contributed by atoms with van der Waals surface area (Å²) in [5, 5.41) is 3.10. The number of carbonyl (C=O) groups excluding carboxylic acids is 1. The fourth-order valence-electron chi connectivity index (χ4n) is 3.53. The molecule has 0 aromatic heterocycles. The number of hydrogen-bond donors (Lipinski definition) is 2. The van der Waals surface area contributed by atoms with Gasteiger partial charge in [-0.05, 0) is 38.1 Å². The van der Waals surface area contributed by atoms with Crippen molar-refractivity contribution in [2.45, 2.75) is 17.6 Å². The molecule has 2 aliphatic heterocycles. The average Bonchev–Trinajstić information content (AvgIpc) is 2.63. The van der Waals surface area contributed by atoms with Gasteiger partial charge in [0.15, 0.2) is 4.75 Å². The van der Waals surface area contributed by atoms with Crippen molar-refractivity contribution in [2.75, 3.05) is 44.2 Å². The van der Waals surface area contributed by atoms with E-state index in [1.54, 1.807) is 0 Å². The molecular formula is C16H24N4O3S. The first-order valence-corrected chi connectivity index (χ1v) is 9.72. The van der Waals surface area contributed by atoms with Crippen LogP contribution in [0.3, 0.4) is 0 Å². The minimum absolute atomic E-state index is 0.240. The highest BCUT2D eigenvalue weighted by atomic mass is 32.2. The fourth-order valence-corrected chi connectivity index (χ4v) is 5.65. The second kappa shape index (κ2) is 6.70. The molecule has 0 radical (unpaired) electrons. The van der Waals surface area contributed by atoms with Gasteiger partial charge < -0.3 is 16.0 Å². The summed E-state index contributed by atoms with van der Waals surface area (Å²) < 4.78 is 26.2. The number of piperazine rings is 1. The number of sulfonamides is 1. The molecule has 0 unspecified atom stereocenters. The smallest absolute Gasteiger partial charge is 0.240 e. The molecule has 1 aromatic rings. The maximum absolute atomic E-state index is 13.1. The van der Waals surface area contributed by atoms with Crippen LogP contribution in [0, 0.1) is 0 Å². The zero-order chi connectivity index (χ0) is 17.2. The van der Waals surface area contributed by atoms with Gasteiger partial charge in [0.1, 0.15) is 0 Å². The predicted molar refractivity (Wildman–Crippen MR) is 93.2 cm³/mol. The third-order valence-corrected chi connectivity index (χ3v) is 7.70. The molecule has 8 heteroatoms. The van der Waals surface area contributed by atoms with Gasteiger partial charge in [0.05, 0.1) is 0 Å². The molecule has 3 rings (SSSR count). The summed E-state index contributed by atoms with van der Waals surface area (Å²) in [6.07, 6.45) is 0.479. The summed E-state index contributed by atoms with van der Waals surface area (Å²) in [7, 11) is -3.76. The fraction of sp³-hybridized carbons (Fsp3) is 0.562. The first-order valence-electron chi connectivity index (χ1n) is 8.28. The minimum Gasteiger partial charge on any atom is -0.369 e. The van der Waals surface area contributed by atoms with Gasteiger partial charge in [0, 0.05) is 31.9 Å². The molecule has 0 atom stereocenters. The molecule has 2 fully saturated rings. The summed E-state index contributed by atoms with van der Waals surface area (Å²) in [6, 6.07) is 9.92. The molecule has 2 heterocycles. The van der Waals surface area contributed by atoms with Crippen LogP contribution in [0.5, 0.6) is 0 Å². The number of primary amides is 1. The van der Waals surface area contributed by atoms with Crippen LogP contribution in [0.15, 0.2) is 30.3 Å². The Morgan fingerprint density at radius 1 is 1.04 bits per heavy atom. The highest BCUT2D eigenvalue weighted by Crippen LogP contribution is 2.32. The Hall–Kier alpha value is -1.64. The van der Waals surface area contributed by atoms with Crippen LogP contribution >= 0.6 is 0 Å². The Kier molecular flexibility index (Phi) is 4.80. The number of carbonyl (C=O) groups is 1. The highest BCUT2D eigenvalue weighted by molar-refractivity contribution is 7.91. The monoisotopic (exact) mass is 352 g/mol. The van der Waals surface area contributed by atoms with E-state index in [0.29, 0.717) is 39.3 Å². The SMILES string of the molecule is NC(=O)C1(S(=O)(=O)N2CCN(c3ccccc3)CC2)CCNCC1. The van der Waals surface area contributed by atoms with Crippen LogP contribution < -0.4 is 16.0 Å². The number of para-hydroxylation sites is 1. The number of piperidine rings is 1. The molecule has 0 spiro atoms. The van der Waals surface area contributed by atoms with Crippen molar-refractivity contribution in [3.8, 4) is 0 Å². The lowest BCUT2D eigenvalue weighted by Crippen LogP contribution is -2.62. The van der Waals surface area contributed by atoms with Gasteiger partial charge in [-0.25, -0.2) is 8.42 Å². The topological polar surface area (TPSA) is 95.7 Å². The van der Waals surface area contributed by atoms with E-state index in [9.17, 15) is 13.2 Å². The third kappa shape index (κ3) is 2.89. The van der Waals surface area contributed by atoms with Crippen LogP contribution in [-0.4, -0.2) is 62.6 Å². The number of nitrogens with two attached hydrogens (primary N) is 1. The van der Waals surface area contributed by atoms with Crippen molar-refractivity contribution in [3.05, 3.63) is 30.3 Å². The number of rotatable bonds is 4. The molecule has 1 aromatic carbocycles. The van der Waals surface area contributed by atoms with Gasteiger partial charge in [-0.15, -0.1) is 0 Å². The summed E-state index contributed by atoms with van der Waals surface area (Å²) >= 11 is 0. The molecule has 0 saturated carbocycles. The number of hydrogen-bond acceptors (Lipinski definition) is 5. The van der Waals surface area contributed by atoms with Crippen molar-refractivity contribution in [2.24, 2.45) is 5.73 Å². The summed E-state index contributed by atoms with van der Waals surface area (Å²) in [5.74, 6) is -0.727. The lowest BCUT2D eigenvalue weighted by molar-refractivity contribution is -0.121. The van der Waals surface area contributed by atoms with Crippen molar-refractivity contribution >= 4 is 21.6 Å². The van der Waals surface area contributed by atoms with Crippen molar-refractivity contribution in [1.82, 2.24) is 9.62 Å². The standard InChI is InChI=1S/C16H24N4O3S/c17-15(21)16(6-8-18-9-7-16)24(22,23)20-12-10-19(11-13-20)14-4-2-1-3-5-14/h1-5,18H,6-13H2,(H2,17,21). The lowest BCUT2D eigenvalue weighted by atomic mass is 9.96. The van der Waals surface area contributed by atoms with Crippen LogP contribution in [-0.2, 0) is 14.8 Å². The molecule has 2 aliphatic rings. The van der Waals surface area contributed by atoms with E-state index < -0.39 is 20.7 Å². The van der Waals surface area contributed by atoms with E-state index in [0.717, 1.165) is 5.69 Å². The molecule has 24 heavy (non-hydrogen) atoms. The van der Waals surface area contributed by atoms with E-state index in [-0.39, 0.29) is 12.8 Å². The number of benzene rings is 1. The largest absolute Gasteiger partial charge is 0.369 e. The molecule has 1 amide bonds. The van der Waals surface area contributed by atoms with E-state index in [4.69, 9.17) is 5.73 Å². The maximum Gasteiger partial charge on any atom is 0.240 e. The Labute approximate surface area is 142 Å². The zero-order valence-corrected chi connectivity index (χ0v) is 14.5. The summed E-state index contributed by atoms with van der Waals surface area (Å²) in [4.78, 5) is 14.2. The van der Waals surface area contributed by atoms with Crippen molar-refractivity contribution in [1.29, 1.82) is 0 Å². The second-order valence-corrected chi connectivity index (χ2v) is 8.58. The number of amides is 1. The van der Waals surface area contributed by atoms with E-state index >= 15 is 0 Å². The van der Waals surface area contributed by atoms with Crippen LogP contribution in [0.25, 0.3) is 0 Å². The van der Waals surface area contributed by atoms with E-state index in [2.05, 4.69) is 10.2 Å². The van der Waals surface area contributed by atoms with Crippen molar-refractivity contribution in [3.63, 3.8) is 0 Å². The Morgan fingerprint density at radius 2 is 1.62 bits per heavy atom. The summed E-state index contributed by atoms with van der Waals surface area (Å²) in [6.45, 7) is 2.95. The Balaban J connectivity index is 1.76. The third-order valence-electron chi connectivity index (χ3n) is 5.05. The quantitative estimate of drug-likeness (QED) is 0.779. The molecule has 3 N–H and O–H groups in total. The van der Waals surface area contributed by atoms with Crippen LogP contribution in [0.4, 0.5) is 5.69 Å². The van der Waals surface area contributed by atoms with Gasteiger partial charge in [-0.2, -0.15) is 4.31 Å². The molecule has 0 bridgehead atoms. The zero-order valence-electron chi connectivity index (χ0n) is 13.6. The number of anilines is 1. The van der Waals surface area contributed by atoms with Crippen molar-refractivity contribution < 1.29 is 13.2 Å². The van der Waals surface area contributed by atoms with Crippen LogP contribution in [0.1, 0.15) is 12.8 Å². The first-order chi connectivity index (χ1) is 11.5. The molecule has 2 saturated heterocycles. The van der Waals surface area contributed by atoms with E-state index in [1.165, 1.54) is 4.31 Å². The second-order valence-electron chi connectivity index (χ2n) is 6.34. The minimum atomic E-state index is -3.76. The van der Waals surface area contributed by atoms with Gasteiger partial charge >= 0.3 is 0 Å². The average molecular weight is 352 g/mol. The van der Waals surface area contributed by atoms with Gasteiger partial charge in [0.2, 0.25) is 15.9 Å². The number of nitrogens with zero attached hydrogens (tertiary/aromatic N) is 2. The van der Waals surface area contributed by atoms with Gasteiger partial charge in [-0.3, -0.25) is 4.79 Å². The Bertz CT molecular complexity index is 679. The molecular weight excluding hydrogens is 328 g/mol. The lowest BCUT2D eigenvalue weighted by Gasteiger charge is -2.41. The van der Waals surface area contributed by atoms with E-state index in [1.807, 2.05) is 30.3 Å². The maximum atomic E-state index is 13.1. The number of nitrogens with one attached hydrogen (secondary N) is 1. The normalized spacial score (nSPS) is 22.2. The van der Waals surface area contributed by atoms with Crippen LogP contribution in [0.2, 0.25) is 0 Å². The predicted octanol–water partition coefficient (Wildman–Crippen LogP) is -0.254. The molecule has 7 nitrogen and oxygen atoms in total.